The highest BCUT2D eigenvalue weighted by Gasteiger charge is 2.50. The number of halogens is 2. The van der Waals surface area contributed by atoms with Crippen molar-refractivity contribution in [3.63, 3.8) is 0 Å². The molecule has 0 radical (unpaired) electrons. The van der Waals surface area contributed by atoms with Gasteiger partial charge in [-0.25, -0.2) is 4.39 Å². The smallest absolute Gasteiger partial charge is 0.312 e. The Bertz CT molecular complexity index is 588. The molecule has 1 saturated heterocycles. The van der Waals surface area contributed by atoms with Gasteiger partial charge in [0.1, 0.15) is 5.82 Å². The monoisotopic (exact) mass is 342 g/mol. The molecule has 0 aromatic heterocycles. The minimum absolute atomic E-state index is 0.0798. The summed E-state index contributed by atoms with van der Waals surface area (Å²) >= 11 is 5.73. The zero-order valence-electron chi connectivity index (χ0n) is 13.1. The van der Waals surface area contributed by atoms with Gasteiger partial charge in [0.15, 0.2) is 5.79 Å². The fourth-order valence-electron chi connectivity index (χ4n) is 3.61. The molecule has 0 N–H and O–H groups in total. The third-order valence-corrected chi connectivity index (χ3v) is 5.23. The lowest BCUT2D eigenvalue weighted by Gasteiger charge is -2.41. The molecule has 0 amide bonds. The predicted molar refractivity (Wildman–Crippen MR) is 82.7 cm³/mol. The Hall–Kier alpha value is -1.17. The number of esters is 1. The summed E-state index contributed by atoms with van der Waals surface area (Å²) < 4.78 is 30.2. The lowest BCUT2D eigenvalue weighted by molar-refractivity contribution is -0.198. The Kier molecular flexibility index (Phi) is 4.63. The molecule has 126 valence electrons. The van der Waals surface area contributed by atoms with Gasteiger partial charge in [0.25, 0.3) is 0 Å². The lowest BCUT2D eigenvalue weighted by Crippen LogP contribution is -2.45. The van der Waals surface area contributed by atoms with Crippen molar-refractivity contribution in [3.05, 3.63) is 34.6 Å². The Morgan fingerprint density at radius 3 is 2.48 bits per heavy atom. The van der Waals surface area contributed by atoms with Crippen LogP contribution in [0.4, 0.5) is 4.39 Å². The summed E-state index contributed by atoms with van der Waals surface area (Å²) in [7, 11) is 1.39. The van der Waals surface area contributed by atoms with E-state index < -0.39 is 17.0 Å². The number of benzene rings is 1. The van der Waals surface area contributed by atoms with Gasteiger partial charge in [0.05, 0.1) is 30.8 Å². The van der Waals surface area contributed by atoms with Crippen LogP contribution in [0.15, 0.2) is 18.2 Å². The second kappa shape index (κ2) is 6.38. The van der Waals surface area contributed by atoms with E-state index in [9.17, 15) is 9.18 Å². The minimum atomic E-state index is -0.671. The SMILES string of the molecule is COC(=O)C1(Cc2ccc(Cl)c(F)c2)CCC2(CC1)OCCO2. The number of hydrogen-bond acceptors (Lipinski definition) is 4. The molecule has 2 aliphatic rings. The van der Waals surface area contributed by atoms with Crippen molar-refractivity contribution in [1.82, 2.24) is 0 Å². The van der Waals surface area contributed by atoms with Crippen LogP contribution < -0.4 is 0 Å². The van der Waals surface area contributed by atoms with Crippen LogP contribution in [0.2, 0.25) is 5.02 Å². The number of methoxy groups -OCH3 is 1. The maximum Gasteiger partial charge on any atom is 0.312 e. The molecule has 1 aliphatic heterocycles. The summed E-state index contributed by atoms with van der Waals surface area (Å²) in [6.07, 6.45) is 2.87. The minimum Gasteiger partial charge on any atom is -0.469 e. The first-order valence-corrected chi connectivity index (χ1v) is 8.17. The van der Waals surface area contributed by atoms with E-state index in [-0.39, 0.29) is 11.0 Å². The Morgan fingerprint density at radius 1 is 1.26 bits per heavy atom. The topological polar surface area (TPSA) is 44.8 Å². The maximum absolute atomic E-state index is 13.7. The Balaban J connectivity index is 1.80. The van der Waals surface area contributed by atoms with E-state index in [1.165, 1.54) is 19.2 Å². The largest absolute Gasteiger partial charge is 0.469 e. The number of ether oxygens (including phenoxy) is 3. The van der Waals surface area contributed by atoms with E-state index in [1.54, 1.807) is 6.07 Å². The highest BCUT2D eigenvalue weighted by Crippen LogP contribution is 2.47. The van der Waals surface area contributed by atoms with Crippen molar-refractivity contribution >= 4 is 17.6 Å². The van der Waals surface area contributed by atoms with E-state index in [0.717, 1.165) is 5.56 Å². The molecule has 4 nitrogen and oxygen atoms in total. The summed E-state index contributed by atoms with van der Waals surface area (Å²) in [6.45, 7) is 1.18. The molecular weight excluding hydrogens is 323 g/mol. The molecule has 3 rings (SSSR count). The van der Waals surface area contributed by atoms with Crippen LogP contribution >= 0.6 is 11.6 Å². The third kappa shape index (κ3) is 3.23. The normalized spacial score (nSPS) is 22.2. The van der Waals surface area contributed by atoms with Crippen LogP contribution in [0.3, 0.4) is 0 Å². The molecule has 0 bridgehead atoms. The van der Waals surface area contributed by atoms with Crippen LogP contribution in [0.1, 0.15) is 31.2 Å². The predicted octanol–water partition coefficient (Wildman–Crippen LogP) is 3.50. The van der Waals surface area contributed by atoms with Gasteiger partial charge in [0.2, 0.25) is 0 Å². The zero-order chi connectivity index (χ0) is 16.5. The first-order valence-electron chi connectivity index (χ1n) is 7.79. The van der Waals surface area contributed by atoms with E-state index in [0.29, 0.717) is 45.3 Å². The van der Waals surface area contributed by atoms with Crippen LogP contribution in [0.5, 0.6) is 0 Å². The number of hydrogen-bond donors (Lipinski definition) is 0. The van der Waals surface area contributed by atoms with Crippen molar-refractivity contribution in [2.75, 3.05) is 20.3 Å². The quantitative estimate of drug-likeness (QED) is 0.789. The highest BCUT2D eigenvalue weighted by molar-refractivity contribution is 6.30. The van der Waals surface area contributed by atoms with Gasteiger partial charge < -0.3 is 14.2 Å². The molecule has 2 fully saturated rings. The Morgan fingerprint density at radius 2 is 1.91 bits per heavy atom. The summed E-state index contributed by atoms with van der Waals surface area (Å²) in [5.74, 6) is -1.29. The number of rotatable bonds is 3. The van der Waals surface area contributed by atoms with Crippen molar-refractivity contribution in [2.45, 2.75) is 37.9 Å². The highest BCUT2D eigenvalue weighted by atomic mass is 35.5. The first-order chi connectivity index (χ1) is 11.0. The molecule has 0 unspecified atom stereocenters. The lowest BCUT2D eigenvalue weighted by atomic mass is 9.68. The van der Waals surface area contributed by atoms with Gasteiger partial charge in [-0.15, -0.1) is 0 Å². The van der Waals surface area contributed by atoms with Gasteiger partial charge in [0, 0.05) is 12.8 Å². The molecule has 1 aromatic carbocycles. The average molecular weight is 343 g/mol. The molecule has 1 aromatic rings. The first kappa shape index (κ1) is 16.7. The molecule has 1 spiro atoms. The van der Waals surface area contributed by atoms with Crippen LogP contribution in [-0.2, 0) is 25.4 Å². The number of carbonyl (C=O) groups excluding carboxylic acids is 1. The molecule has 1 saturated carbocycles. The van der Waals surface area contributed by atoms with E-state index in [2.05, 4.69) is 0 Å². The molecule has 0 atom stereocenters. The van der Waals surface area contributed by atoms with Crippen LogP contribution in [0, 0.1) is 11.2 Å². The van der Waals surface area contributed by atoms with Crippen molar-refractivity contribution in [1.29, 1.82) is 0 Å². The van der Waals surface area contributed by atoms with Crippen molar-refractivity contribution in [3.8, 4) is 0 Å². The van der Waals surface area contributed by atoms with Crippen LogP contribution in [0.25, 0.3) is 0 Å². The van der Waals surface area contributed by atoms with Crippen molar-refractivity contribution in [2.24, 2.45) is 5.41 Å². The van der Waals surface area contributed by atoms with E-state index in [4.69, 9.17) is 25.8 Å². The van der Waals surface area contributed by atoms with E-state index in [1.807, 2.05) is 0 Å². The summed E-state index contributed by atoms with van der Waals surface area (Å²) in [5.41, 5.74) is 0.0665. The Labute approximate surface area is 139 Å². The summed E-state index contributed by atoms with van der Waals surface area (Å²) in [4.78, 5) is 12.4. The molecule has 6 heteroatoms. The second-order valence-electron chi connectivity index (χ2n) is 6.30. The van der Waals surface area contributed by atoms with Gasteiger partial charge in [-0.3, -0.25) is 4.79 Å². The van der Waals surface area contributed by atoms with Gasteiger partial charge in [-0.05, 0) is 37.0 Å². The van der Waals surface area contributed by atoms with Gasteiger partial charge in [-0.2, -0.15) is 0 Å². The van der Waals surface area contributed by atoms with Crippen LogP contribution in [-0.4, -0.2) is 32.1 Å². The third-order valence-electron chi connectivity index (χ3n) is 4.93. The second-order valence-corrected chi connectivity index (χ2v) is 6.71. The average Bonchev–Trinajstić information content (AvgIpc) is 3.01. The standard InChI is InChI=1S/C17H20ClFO4/c1-21-15(20)16(11-12-2-3-13(18)14(19)10-12)4-6-17(7-5-16)22-8-9-23-17/h2-3,10H,4-9,11H2,1H3. The fraction of sp³-hybridized carbons (Fsp3) is 0.588. The number of carbonyl (C=O) groups is 1. The fourth-order valence-corrected chi connectivity index (χ4v) is 3.72. The maximum atomic E-state index is 13.7. The molecule has 23 heavy (non-hydrogen) atoms. The van der Waals surface area contributed by atoms with Gasteiger partial charge in [-0.1, -0.05) is 17.7 Å². The molecule has 1 heterocycles. The summed E-state index contributed by atoms with van der Waals surface area (Å²) in [5, 5.41) is 0.0798. The molecular formula is C17H20ClFO4. The van der Waals surface area contributed by atoms with E-state index >= 15 is 0 Å². The summed E-state index contributed by atoms with van der Waals surface area (Å²) in [6, 6.07) is 4.66. The van der Waals surface area contributed by atoms with Gasteiger partial charge >= 0.3 is 5.97 Å². The molecule has 1 aliphatic carbocycles. The zero-order valence-corrected chi connectivity index (χ0v) is 13.8. The van der Waals surface area contributed by atoms with Crippen molar-refractivity contribution < 1.29 is 23.4 Å².